The number of anilines is 2. The number of nitrogens with zero attached hydrogens (tertiary/aromatic N) is 3. The average molecular weight is 445 g/mol. The fourth-order valence-electron chi connectivity index (χ4n) is 3.39. The summed E-state index contributed by atoms with van der Waals surface area (Å²) in [7, 11) is 0. The van der Waals surface area contributed by atoms with Crippen molar-refractivity contribution in [1.82, 2.24) is 25.5 Å². The molecule has 0 saturated carbocycles. The number of hydrogen-bond donors (Lipinski definition) is 3. The van der Waals surface area contributed by atoms with Gasteiger partial charge in [-0.3, -0.25) is 9.89 Å². The van der Waals surface area contributed by atoms with Crippen LogP contribution in [0.15, 0.2) is 48.7 Å². The summed E-state index contributed by atoms with van der Waals surface area (Å²) in [5.41, 5.74) is 3.63. The van der Waals surface area contributed by atoms with Crippen LogP contribution < -0.4 is 15.4 Å². The lowest BCUT2D eigenvalue weighted by atomic mass is 10.1. The first-order valence-corrected chi connectivity index (χ1v) is 10.8. The predicted octanol–water partition coefficient (Wildman–Crippen LogP) is 4.67. The molecule has 3 N–H and O–H groups in total. The molecule has 170 valence electrons. The molecule has 0 aliphatic heterocycles. The van der Waals surface area contributed by atoms with E-state index >= 15 is 0 Å². The zero-order chi connectivity index (χ0) is 23.6. The summed E-state index contributed by atoms with van der Waals surface area (Å²) in [6.45, 7) is 9.86. The van der Waals surface area contributed by atoms with Gasteiger partial charge in [0.25, 0.3) is 5.91 Å². The van der Waals surface area contributed by atoms with Crippen LogP contribution in [0.5, 0.6) is 5.75 Å². The van der Waals surface area contributed by atoms with Crippen molar-refractivity contribution in [2.75, 3.05) is 11.9 Å². The predicted molar refractivity (Wildman–Crippen MR) is 130 cm³/mol. The molecule has 0 spiro atoms. The molecular formula is C25H28N6O2. The number of H-pyrrole nitrogens is 1. The molecule has 0 aliphatic rings. The first kappa shape index (κ1) is 22.3. The molecular weight excluding hydrogens is 416 g/mol. The van der Waals surface area contributed by atoms with Crippen molar-refractivity contribution in [3.8, 4) is 17.1 Å². The third-order valence-electron chi connectivity index (χ3n) is 5.04. The van der Waals surface area contributed by atoms with Gasteiger partial charge in [-0.15, -0.1) is 0 Å². The molecule has 2 aromatic heterocycles. The van der Waals surface area contributed by atoms with Crippen molar-refractivity contribution in [3.63, 3.8) is 0 Å². The van der Waals surface area contributed by atoms with E-state index in [2.05, 4.69) is 46.8 Å². The fourth-order valence-corrected chi connectivity index (χ4v) is 3.39. The minimum Gasteiger partial charge on any atom is -0.484 e. The molecule has 33 heavy (non-hydrogen) atoms. The molecule has 0 unspecified atom stereocenters. The van der Waals surface area contributed by atoms with E-state index in [0.717, 1.165) is 33.4 Å². The Labute approximate surface area is 192 Å². The van der Waals surface area contributed by atoms with Gasteiger partial charge in [0.1, 0.15) is 17.4 Å². The van der Waals surface area contributed by atoms with E-state index in [-0.39, 0.29) is 18.1 Å². The van der Waals surface area contributed by atoms with Crippen LogP contribution in [0, 0.1) is 13.8 Å². The standard InChI is InChI=1S/C25H28N6O2/c1-15-11-19-20(12-16(15)2)27-23(29-24(19)28-21-9-10-26-31-21)17-7-6-8-18(13-17)33-14-22(32)30-25(3,4)5/h6-13H,14H2,1-5H3,(H,30,32)(H2,26,27,28,29,31). The van der Waals surface area contributed by atoms with Crippen LogP contribution in [-0.4, -0.2) is 38.2 Å². The summed E-state index contributed by atoms with van der Waals surface area (Å²) in [6, 6.07) is 13.4. The highest BCUT2D eigenvalue weighted by atomic mass is 16.5. The first-order chi connectivity index (χ1) is 15.7. The second-order valence-electron chi connectivity index (χ2n) is 9.06. The van der Waals surface area contributed by atoms with Gasteiger partial charge in [0.15, 0.2) is 12.4 Å². The fraction of sp³-hybridized carbons (Fsp3) is 0.280. The summed E-state index contributed by atoms with van der Waals surface area (Å²) in [6.07, 6.45) is 1.68. The largest absolute Gasteiger partial charge is 0.484 e. The Hall–Kier alpha value is -3.94. The highest BCUT2D eigenvalue weighted by molar-refractivity contribution is 5.93. The number of nitrogens with one attached hydrogen (secondary N) is 3. The van der Waals surface area contributed by atoms with Crippen molar-refractivity contribution < 1.29 is 9.53 Å². The second-order valence-corrected chi connectivity index (χ2v) is 9.06. The van der Waals surface area contributed by atoms with Crippen molar-refractivity contribution in [2.24, 2.45) is 0 Å². The van der Waals surface area contributed by atoms with E-state index in [1.54, 1.807) is 6.20 Å². The molecule has 2 heterocycles. The first-order valence-electron chi connectivity index (χ1n) is 10.8. The molecule has 0 bridgehead atoms. The van der Waals surface area contributed by atoms with Crippen LogP contribution >= 0.6 is 0 Å². The Kier molecular flexibility index (Phi) is 6.00. The van der Waals surface area contributed by atoms with Crippen LogP contribution in [0.3, 0.4) is 0 Å². The number of carbonyl (C=O) groups is 1. The van der Waals surface area contributed by atoms with Crippen LogP contribution in [-0.2, 0) is 4.79 Å². The maximum atomic E-state index is 12.1. The molecule has 8 nitrogen and oxygen atoms in total. The van der Waals surface area contributed by atoms with Gasteiger partial charge in [0.05, 0.1) is 11.7 Å². The van der Waals surface area contributed by atoms with Gasteiger partial charge in [-0.2, -0.15) is 5.10 Å². The topological polar surface area (TPSA) is 105 Å². The number of aromatic amines is 1. The van der Waals surface area contributed by atoms with Crippen LogP contribution in [0.1, 0.15) is 31.9 Å². The number of hydrogen-bond acceptors (Lipinski definition) is 6. The number of aryl methyl sites for hydroxylation is 2. The van der Waals surface area contributed by atoms with E-state index in [9.17, 15) is 4.79 Å². The van der Waals surface area contributed by atoms with Crippen molar-refractivity contribution >= 4 is 28.4 Å². The number of ether oxygens (including phenoxy) is 1. The molecule has 0 atom stereocenters. The molecule has 0 saturated heterocycles. The van der Waals surface area contributed by atoms with Gasteiger partial charge < -0.3 is 15.4 Å². The normalized spacial score (nSPS) is 11.4. The van der Waals surface area contributed by atoms with Gasteiger partial charge in [-0.25, -0.2) is 9.97 Å². The molecule has 8 heteroatoms. The van der Waals surface area contributed by atoms with Gasteiger partial charge in [0, 0.05) is 22.6 Å². The third-order valence-corrected chi connectivity index (χ3v) is 5.04. The average Bonchev–Trinajstić information content (AvgIpc) is 3.25. The van der Waals surface area contributed by atoms with Crippen LogP contribution in [0.4, 0.5) is 11.6 Å². The highest BCUT2D eigenvalue weighted by Crippen LogP contribution is 2.30. The summed E-state index contributed by atoms with van der Waals surface area (Å²) in [4.78, 5) is 21.7. The number of amides is 1. The monoisotopic (exact) mass is 444 g/mol. The van der Waals surface area contributed by atoms with E-state index in [1.165, 1.54) is 0 Å². The molecule has 1 amide bonds. The summed E-state index contributed by atoms with van der Waals surface area (Å²) >= 11 is 0. The number of carbonyl (C=O) groups excluding carboxylic acids is 1. The maximum Gasteiger partial charge on any atom is 0.258 e. The van der Waals surface area contributed by atoms with Crippen molar-refractivity contribution in [1.29, 1.82) is 0 Å². The molecule has 4 aromatic rings. The van der Waals surface area contributed by atoms with E-state index in [0.29, 0.717) is 17.4 Å². The lowest BCUT2D eigenvalue weighted by Gasteiger charge is -2.20. The Morgan fingerprint density at radius 1 is 1.06 bits per heavy atom. The molecule has 0 radical (unpaired) electrons. The zero-order valence-electron chi connectivity index (χ0n) is 19.5. The van der Waals surface area contributed by atoms with Crippen molar-refractivity contribution in [2.45, 2.75) is 40.2 Å². The van der Waals surface area contributed by atoms with E-state index < -0.39 is 0 Å². The maximum absolute atomic E-state index is 12.1. The Morgan fingerprint density at radius 2 is 1.85 bits per heavy atom. The Balaban J connectivity index is 1.67. The number of fused-ring (bicyclic) bond motifs is 1. The minimum atomic E-state index is -0.310. The Morgan fingerprint density at radius 3 is 2.58 bits per heavy atom. The molecule has 2 aromatic carbocycles. The van der Waals surface area contributed by atoms with E-state index in [1.807, 2.05) is 51.1 Å². The van der Waals surface area contributed by atoms with Gasteiger partial charge in [-0.1, -0.05) is 12.1 Å². The summed E-state index contributed by atoms with van der Waals surface area (Å²) in [5, 5.41) is 14.0. The summed E-state index contributed by atoms with van der Waals surface area (Å²) in [5.74, 6) is 2.37. The molecule has 0 aliphatic carbocycles. The van der Waals surface area contributed by atoms with E-state index in [4.69, 9.17) is 14.7 Å². The highest BCUT2D eigenvalue weighted by Gasteiger charge is 2.15. The van der Waals surface area contributed by atoms with Gasteiger partial charge >= 0.3 is 0 Å². The lowest BCUT2D eigenvalue weighted by Crippen LogP contribution is -2.43. The summed E-state index contributed by atoms with van der Waals surface area (Å²) < 4.78 is 5.72. The number of rotatable bonds is 6. The SMILES string of the molecule is Cc1cc2nc(-c3cccc(OCC(=O)NC(C)(C)C)c3)nc(Nc3ccn[nH]3)c2cc1C. The van der Waals surface area contributed by atoms with Crippen LogP contribution in [0.2, 0.25) is 0 Å². The van der Waals surface area contributed by atoms with Gasteiger partial charge in [0.2, 0.25) is 0 Å². The Bertz CT molecular complexity index is 1290. The number of benzene rings is 2. The number of aromatic nitrogens is 4. The minimum absolute atomic E-state index is 0.0651. The lowest BCUT2D eigenvalue weighted by molar-refractivity contribution is -0.124. The molecule has 4 rings (SSSR count). The zero-order valence-corrected chi connectivity index (χ0v) is 19.5. The smallest absolute Gasteiger partial charge is 0.258 e. The second kappa shape index (κ2) is 8.90. The van der Waals surface area contributed by atoms with Crippen LogP contribution in [0.25, 0.3) is 22.3 Å². The van der Waals surface area contributed by atoms with Gasteiger partial charge in [-0.05, 0) is 70.0 Å². The quantitative estimate of drug-likeness (QED) is 0.399. The molecule has 0 fully saturated rings. The third kappa shape index (κ3) is 5.46. The van der Waals surface area contributed by atoms with Crippen molar-refractivity contribution in [3.05, 3.63) is 59.8 Å².